The first-order valence-electron chi connectivity index (χ1n) is 6.02. The van der Waals surface area contributed by atoms with Crippen molar-refractivity contribution in [3.05, 3.63) is 29.8 Å². The SMILES string of the molecule is CCC.CCC1COc2ccccc2C1. The normalized spacial score (nSPS) is 18.2. The van der Waals surface area contributed by atoms with Gasteiger partial charge in [0.05, 0.1) is 6.61 Å². The molecule has 0 aliphatic carbocycles. The Morgan fingerprint density at radius 2 is 1.87 bits per heavy atom. The van der Waals surface area contributed by atoms with E-state index >= 15 is 0 Å². The minimum absolute atomic E-state index is 0.722. The van der Waals surface area contributed by atoms with Crippen molar-refractivity contribution in [2.45, 2.75) is 40.0 Å². The molecule has 0 radical (unpaired) electrons. The summed E-state index contributed by atoms with van der Waals surface area (Å²) in [5.41, 5.74) is 1.37. The molecule has 1 aliphatic heterocycles. The summed E-state index contributed by atoms with van der Waals surface area (Å²) in [5, 5.41) is 0. The lowest BCUT2D eigenvalue weighted by molar-refractivity contribution is 0.218. The molecular weight excluding hydrogens is 184 g/mol. The highest BCUT2D eigenvalue weighted by atomic mass is 16.5. The molecule has 1 atom stereocenters. The van der Waals surface area contributed by atoms with Gasteiger partial charge in [0, 0.05) is 0 Å². The molecule has 1 unspecified atom stereocenters. The van der Waals surface area contributed by atoms with E-state index in [1.54, 1.807) is 0 Å². The number of ether oxygens (including phenoxy) is 1. The molecule has 0 N–H and O–H groups in total. The van der Waals surface area contributed by atoms with Gasteiger partial charge in [-0.2, -0.15) is 0 Å². The third kappa shape index (κ3) is 3.58. The van der Waals surface area contributed by atoms with Gasteiger partial charge in [-0.1, -0.05) is 45.4 Å². The Morgan fingerprint density at radius 3 is 2.53 bits per heavy atom. The molecule has 1 aromatic carbocycles. The zero-order valence-corrected chi connectivity index (χ0v) is 10.1. The third-order valence-corrected chi connectivity index (χ3v) is 2.53. The summed E-state index contributed by atoms with van der Waals surface area (Å²) < 4.78 is 5.63. The molecule has 1 heteroatoms. The summed E-state index contributed by atoms with van der Waals surface area (Å²) in [6.07, 6.45) is 3.65. The monoisotopic (exact) mass is 206 g/mol. The molecule has 0 spiro atoms. The van der Waals surface area contributed by atoms with E-state index in [0.29, 0.717) is 0 Å². The summed E-state index contributed by atoms with van der Waals surface area (Å²) in [6, 6.07) is 8.34. The molecule has 0 saturated carbocycles. The molecule has 0 saturated heterocycles. The van der Waals surface area contributed by atoms with Crippen LogP contribution in [-0.4, -0.2) is 6.61 Å². The van der Waals surface area contributed by atoms with Crippen LogP contribution in [0.3, 0.4) is 0 Å². The van der Waals surface area contributed by atoms with E-state index in [1.165, 1.54) is 24.8 Å². The van der Waals surface area contributed by atoms with Gasteiger partial charge in [0.25, 0.3) is 0 Å². The Labute approximate surface area is 93.5 Å². The van der Waals surface area contributed by atoms with Crippen LogP contribution in [0.2, 0.25) is 0 Å². The van der Waals surface area contributed by atoms with Gasteiger partial charge >= 0.3 is 0 Å². The second-order valence-electron chi connectivity index (χ2n) is 4.10. The van der Waals surface area contributed by atoms with Gasteiger partial charge in [0.15, 0.2) is 0 Å². The molecule has 84 valence electrons. The van der Waals surface area contributed by atoms with Crippen molar-refractivity contribution < 1.29 is 4.74 Å². The lowest BCUT2D eigenvalue weighted by atomic mass is 9.95. The molecule has 15 heavy (non-hydrogen) atoms. The van der Waals surface area contributed by atoms with E-state index in [1.807, 2.05) is 6.07 Å². The van der Waals surface area contributed by atoms with Crippen molar-refractivity contribution in [2.24, 2.45) is 5.92 Å². The molecule has 0 amide bonds. The smallest absolute Gasteiger partial charge is 0.122 e. The standard InChI is InChI=1S/C11H14O.C3H8/c1-2-9-7-10-5-3-4-6-11(10)12-8-9;1-3-2/h3-6,9H,2,7-8H2,1H3;3H2,1-2H3. The molecule has 2 rings (SSSR count). The largest absolute Gasteiger partial charge is 0.493 e. The lowest BCUT2D eigenvalue weighted by Crippen LogP contribution is -2.19. The average Bonchev–Trinajstić information content (AvgIpc) is 2.29. The van der Waals surface area contributed by atoms with Gasteiger partial charge in [-0.3, -0.25) is 0 Å². The van der Waals surface area contributed by atoms with Crippen molar-refractivity contribution in [1.29, 1.82) is 0 Å². The molecule has 0 aromatic heterocycles. The number of benzene rings is 1. The highest BCUT2D eigenvalue weighted by Gasteiger charge is 2.16. The summed E-state index contributed by atoms with van der Waals surface area (Å²) in [5.74, 6) is 1.81. The summed E-state index contributed by atoms with van der Waals surface area (Å²) >= 11 is 0. The second kappa shape index (κ2) is 6.49. The van der Waals surface area contributed by atoms with Crippen LogP contribution < -0.4 is 4.74 Å². The fourth-order valence-corrected chi connectivity index (χ4v) is 1.65. The van der Waals surface area contributed by atoms with Crippen molar-refractivity contribution in [2.75, 3.05) is 6.61 Å². The van der Waals surface area contributed by atoms with E-state index in [2.05, 4.69) is 39.0 Å². The maximum absolute atomic E-state index is 5.63. The van der Waals surface area contributed by atoms with Crippen LogP contribution in [0.15, 0.2) is 24.3 Å². The molecule has 0 fully saturated rings. The average molecular weight is 206 g/mol. The van der Waals surface area contributed by atoms with Crippen LogP contribution in [0.25, 0.3) is 0 Å². The maximum Gasteiger partial charge on any atom is 0.122 e. The molecule has 1 heterocycles. The highest BCUT2D eigenvalue weighted by molar-refractivity contribution is 5.34. The van der Waals surface area contributed by atoms with Gasteiger partial charge in [-0.25, -0.2) is 0 Å². The van der Waals surface area contributed by atoms with Crippen LogP contribution in [0.4, 0.5) is 0 Å². The van der Waals surface area contributed by atoms with Gasteiger partial charge in [-0.15, -0.1) is 0 Å². The topological polar surface area (TPSA) is 9.23 Å². The Kier molecular flexibility index (Phi) is 5.23. The molecular formula is C14H22O. The fraction of sp³-hybridized carbons (Fsp3) is 0.571. The number of hydrogen-bond donors (Lipinski definition) is 0. The summed E-state index contributed by atoms with van der Waals surface area (Å²) in [6.45, 7) is 7.37. The zero-order valence-electron chi connectivity index (χ0n) is 10.1. The first-order chi connectivity index (χ1) is 7.31. The quantitative estimate of drug-likeness (QED) is 0.673. The van der Waals surface area contributed by atoms with E-state index in [0.717, 1.165) is 18.3 Å². The van der Waals surface area contributed by atoms with E-state index in [9.17, 15) is 0 Å². The number of hydrogen-bond acceptors (Lipinski definition) is 1. The Balaban J connectivity index is 0.000000337. The predicted molar refractivity (Wildman–Crippen MR) is 65.4 cm³/mol. The molecule has 0 bridgehead atoms. The van der Waals surface area contributed by atoms with E-state index < -0.39 is 0 Å². The van der Waals surface area contributed by atoms with Crippen molar-refractivity contribution in [3.8, 4) is 5.75 Å². The van der Waals surface area contributed by atoms with Gasteiger partial charge in [0.2, 0.25) is 0 Å². The molecule has 1 nitrogen and oxygen atoms in total. The van der Waals surface area contributed by atoms with Crippen LogP contribution >= 0.6 is 0 Å². The fourth-order valence-electron chi connectivity index (χ4n) is 1.65. The third-order valence-electron chi connectivity index (χ3n) is 2.53. The summed E-state index contributed by atoms with van der Waals surface area (Å²) in [4.78, 5) is 0. The minimum atomic E-state index is 0.722. The van der Waals surface area contributed by atoms with Crippen molar-refractivity contribution >= 4 is 0 Å². The lowest BCUT2D eigenvalue weighted by Gasteiger charge is -2.23. The first-order valence-corrected chi connectivity index (χ1v) is 6.02. The maximum atomic E-state index is 5.63. The Hall–Kier alpha value is -0.980. The summed E-state index contributed by atoms with van der Waals surface area (Å²) in [7, 11) is 0. The van der Waals surface area contributed by atoms with Gasteiger partial charge in [-0.05, 0) is 30.4 Å². The zero-order chi connectivity index (χ0) is 11.1. The molecule has 1 aromatic rings. The van der Waals surface area contributed by atoms with Crippen LogP contribution in [0, 0.1) is 5.92 Å². The van der Waals surface area contributed by atoms with Crippen molar-refractivity contribution in [3.63, 3.8) is 0 Å². The Morgan fingerprint density at radius 1 is 1.20 bits per heavy atom. The molecule has 1 aliphatic rings. The predicted octanol–water partition coefficient (Wildman–Crippen LogP) is 4.06. The first kappa shape index (κ1) is 12.1. The number of fused-ring (bicyclic) bond motifs is 1. The minimum Gasteiger partial charge on any atom is -0.493 e. The number of rotatable bonds is 1. The van der Waals surface area contributed by atoms with E-state index in [-0.39, 0.29) is 0 Å². The van der Waals surface area contributed by atoms with Crippen LogP contribution in [0.1, 0.15) is 39.2 Å². The van der Waals surface area contributed by atoms with E-state index in [4.69, 9.17) is 4.74 Å². The van der Waals surface area contributed by atoms with Gasteiger partial charge in [0.1, 0.15) is 5.75 Å². The highest BCUT2D eigenvalue weighted by Crippen LogP contribution is 2.27. The second-order valence-corrected chi connectivity index (χ2v) is 4.10. The Bertz CT molecular complexity index is 280. The van der Waals surface area contributed by atoms with Gasteiger partial charge < -0.3 is 4.74 Å². The van der Waals surface area contributed by atoms with Crippen molar-refractivity contribution in [1.82, 2.24) is 0 Å². The van der Waals surface area contributed by atoms with Crippen LogP contribution in [-0.2, 0) is 6.42 Å². The number of para-hydroxylation sites is 1. The van der Waals surface area contributed by atoms with Crippen LogP contribution in [0.5, 0.6) is 5.75 Å².